The molecule has 0 amide bonds. The number of rotatable bonds is 0. The number of nitro groups is 1. The van der Waals surface area contributed by atoms with Crippen molar-refractivity contribution in [3.63, 3.8) is 0 Å². The summed E-state index contributed by atoms with van der Waals surface area (Å²) < 4.78 is 0. The Balaban J connectivity index is 0. The Labute approximate surface area is 56.2 Å². The molecule has 0 aliphatic carbocycles. The molecule has 0 aliphatic heterocycles. The van der Waals surface area contributed by atoms with Gasteiger partial charge in [0, 0.05) is 4.92 Å². The van der Waals surface area contributed by atoms with Crippen LogP contribution in [0.15, 0.2) is 0 Å². The quantitative estimate of drug-likeness (QED) is 0.104. The monoisotopic (exact) mass is 95.0 g/mol. The van der Waals surface area contributed by atoms with Gasteiger partial charge in [-0.2, -0.15) is 0 Å². The van der Waals surface area contributed by atoms with Gasteiger partial charge in [0.25, 0.3) is 0 Å². The SMILES string of the molecule is N#C[N+](=O)[O-].[Na+]. The van der Waals surface area contributed by atoms with Crippen LogP contribution in [0.3, 0.4) is 0 Å². The van der Waals surface area contributed by atoms with Gasteiger partial charge in [-0.25, -0.2) is 0 Å². The molecular formula is CN2NaO2+. The number of hydrogen-bond acceptors (Lipinski definition) is 3. The van der Waals surface area contributed by atoms with E-state index >= 15 is 0 Å². The Morgan fingerprint density at radius 2 is 2.00 bits per heavy atom. The van der Waals surface area contributed by atoms with Gasteiger partial charge in [-0.15, -0.1) is 0 Å². The van der Waals surface area contributed by atoms with E-state index in [9.17, 15) is 0 Å². The van der Waals surface area contributed by atoms with Crippen molar-refractivity contribution in [1.29, 1.82) is 5.26 Å². The standard InChI is InChI=1S/CN2O2.Na/c2-1-3(4)5;/q;+1. The van der Waals surface area contributed by atoms with E-state index in [1.54, 1.807) is 0 Å². The van der Waals surface area contributed by atoms with Crippen LogP contribution >= 0.6 is 0 Å². The van der Waals surface area contributed by atoms with E-state index in [4.69, 9.17) is 15.4 Å². The van der Waals surface area contributed by atoms with E-state index in [2.05, 4.69) is 0 Å². The molecule has 0 aliphatic rings. The van der Waals surface area contributed by atoms with Gasteiger partial charge in [0.2, 0.25) is 0 Å². The summed E-state index contributed by atoms with van der Waals surface area (Å²) in [5.41, 5.74) is 0. The molecule has 4 nitrogen and oxygen atoms in total. The van der Waals surface area contributed by atoms with Gasteiger partial charge >= 0.3 is 35.8 Å². The van der Waals surface area contributed by atoms with Crippen LogP contribution in [0.25, 0.3) is 0 Å². The average molecular weight is 95.0 g/mol. The molecule has 0 N–H and O–H groups in total. The van der Waals surface area contributed by atoms with Crippen LogP contribution in [-0.4, -0.2) is 4.92 Å². The van der Waals surface area contributed by atoms with E-state index < -0.39 is 4.92 Å². The first-order chi connectivity index (χ1) is 2.27. The predicted molar refractivity (Wildman–Crippen MR) is 12.6 cm³/mol. The van der Waals surface area contributed by atoms with Gasteiger partial charge < -0.3 is 10.1 Å². The molecule has 0 rings (SSSR count). The van der Waals surface area contributed by atoms with Crippen molar-refractivity contribution in [2.24, 2.45) is 0 Å². The van der Waals surface area contributed by atoms with Crippen molar-refractivity contribution in [2.45, 2.75) is 0 Å². The summed E-state index contributed by atoms with van der Waals surface area (Å²) in [6.45, 7) is 0. The van der Waals surface area contributed by atoms with Crippen LogP contribution in [0, 0.1) is 21.6 Å². The Kier molecular flexibility index (Phi) is 7.59. The van der Waals surface area contributed by atoms with E-state index in [0.717, 1.165) is 6.19 Å². The molecule has 0 saturated carbocycles. The van der Waals surface area contributed by atoms with Gasteiger partial charge in [-0.1, -0.05) is 0 Å². The van der Waals surface area contributed by atoms with Gasteiger partial charge in [0.1, 0.15) is 0 Å². The van der Waals surface area contributed by atoms with Gasteiger partial charge in [0.05, 0.1) is 0 Å². The second-order valence-corrected chi connectivity index (χ2v) is 0.357. The van der Waals surface area contributed by atoms with Gasteiger partial charge in [-0.3, -0.25) is 0 Å². The minimum Gasteiger partial charge on any atom is -0.349 e. The number of nitriles is 1. The maximum atomic E-state index is 8.81. The predicted octanol–water partition coefficient (Wildman–Crippen LogP) is -3.25. The largest absolute Gasteiger partial charge is 1.00 e. The van der Waals surface area contributed by atoms with Crippen molar-refractivity contribution < 1.29 is 34.5 Å². The van der Waals surface area contributed by atoms with Crippen LogP contribution in [0.2, 0.25) is 0 Å². The zero-order valence-corrected chi connectivity index (χ0v) is 5.21. The molecule has 0 fully saturated rings. The van der Waals surface area contributed by atoms with Gasteiger partial charge in [-0.05, 0) is 0 Å². The summed E-state index contributed by atoms with van der Waals surface area (Å²) in [5.74, 6) is 0. The smallest absolute Gasteiger partial charge is 0.349 e. The maximum absolute atomic E-state index is 8.81. The molecule has 0 heterocycles. The van der Waals surface area contributed by atoms with Crippen LogP contribution in [0.1, 0.15) is 0 Å². The van der Waals surface area contributed by atoms with Crippen molar-refractivity contribution >= 4 is 0 Å². The van der Waals surface area contributed by atoms with E-state index in [1.807, 2.05) is 0 Å². The molecule has 0 atom stereocenters. The van der Waals surface area contributed by atoms with Crippen molar-refractivity contribution in [3.8, 4) is 6.19 Å². The fraction of sp³-hybridized carbons (Fsp3) is 0. The molecule has 0 aromatic carbocycles. The van der Waals surface area contributed by atoms with Crippen molar-refractivity contribution in [1.82, 2.24) is 0 Å². The fourth-order valence-corrected chi connectivity index (χ4v) is 0. The molecule has 0 radical (unpaired) electrons. The normalized spacial score (nSPS) is 4.50. The summed E-state index contributed by atoms with van der Waals surface area (Å²) in [6, 6.07) is 0. The van der Waals surface area contributed by atoms with E-state index in [-0.39, 0.29) is 29.6 Å². The molecule has 0 bridgehead atoms. The Bertz CT molecular complexity index is 84.0. The minimum absolute atomic E-state index is 0. The Morgan fingerprint density at radius 1 is 1.83 bits per heavy atom. The Morgan fingerprint density at radius 3 is 2.00 bits per heavy atom. The third-order valence-corrected chi connectivity index (χ3v) is 0.0816. The second kappa shape index (κ2) is 4.89. The molecule has 0 saturated heterocycles. The Hall–Kier alpha value is -0.110. The minimum atomic E-state index is -1.07. The van der Waals surface area contributed by atoms with E-state index in [0.29, 0.717) is 0 Å². The zero-order valence-electron chi connectivity index (χ0n) is 3.21. The summed E-state index contributed by atoms with van der Waals surface area (Å²) in [4.78, 5) is 7.74. The van der Waals surface area contributed by atoms with Crippen LogP contribution in [-0.2, 0) is 0 Å². The third-order valence-electron chi connectivity index (χ3n) is 0.0816. The summed E-state index contributed by atoms with van der Waals surface area (Å²) in [7, 11) is 0. The molecule has 0 spiro atoms. The average Bonchev–Trinajstić information content (AvgIpc) is 1.38. The summed E-state index contributed by atoms with van der Waals surface area (Å²) in [5, 5.41) is 16.0. The number of hydrogen-bond donors (Lipinski definition) is 0. The first-order valence-electron chi connectivity index (χ1n) is 0.812. The molecule has 26 valence electrons. The first kappa shape index (κ1) is 9.31. The number of nitrogens with zero attached hydrogens (tertiary/aromatic N) is 2. The fourth-order valence-electron chi connectivity index (χ4n) is 0. The zero-order chi connectivity index (χ0) is 4.28. The van der Waals surface area contributed by atoms with Crippen molar-refractivity contribution in [2.75, 3.05) is 0 Å². The van der Waals surface area contributed by atoms with Crippen molar-refractivity contribution in [3.05, 3.63) is 10.1 Å². The topological polar surface area (TPSA) is 66.9 Å². The second-order valence-electron chi connectivity index (χ2n) is 0.357. The molecule has 0 aromatic rings. The summed E-state index contributed by atoms with van der Waals surface area (Å²) in [6.07, 6.45) is 0.750. The van der Waals surface area contributed by atoms with Gasteiger partial charge in [0.15, 0.2) is 5.26 Å². The maximum Gasteiger partial charge on any atom is 1.00 e. The molecule has 0 unspecified atom stereocenters. The van der Waals surface area contributed by atoms with E-state index in [1.165, 1.54) is 0 Å². The molecule has 5 heteroatoms. The molecule has 6 heavy (non-hydrogen) atoms. The molecule has 0 aromatic heterocycles. The molecular weight excluding hydrogens is 95.0 g/mol. The third kappa shape index (κ3) is 9.10. The first-order valence-corrected chi connectivity index (χ1v) is 0.812. The van der Waals surface area contributed by atoms with Crippen LogP contribution < -0.4 is 29.6 Å². The van der Waals surface area contributed by atoms with Crippen LogP contribution in [0.5, 0.6) is 0 Å². The van der Waals surface area contributed by atoms with Crippen LogP contribution in [0.4, 0.5) is 0 Å². The summed E-state index contributed by atoms with van der Waals surface area (Å²) >= 11 is 0.